The average Bonchev–Trinajstić information content (AvgIpc) is 3.85. The SMILES string of the molecule is c1ccc(-c2ccc(-c3nc(-c4ccccc4)nc(-c4cccc5sc6ccc(-c7cccc(-c8cccc9sc%10ccccc%10c89)c7)cc6c45)n3)cc2)cc1. The first kappa shape index (κ1) is 32.6. The molecule has 0 fully saturated rings. The number of hydrogen-bond donors (Lipinski definition) is 0. The van der Waals surface area contributed by atoms with Crippen molar-refractivity contribution in [3.05, 3.63) is 188 Å². The van der Waals surface area contributed by atoms with Crippen LogP contribution in [0.1, 0.15) is 0 Å². The minimum Gasteiger partial charge on any atom is -0.208 e. The highest BCUT2D eigenvalue weighted by molar-refractivity contribution is 7.26. The van der Waals surface area contributed by atoms with Crippen LogP contribution in [-0.2, 0) is 0 Å². The van der Waals surface area contributed by atoms with Crippen molar-refractivity contribution in [1.82, 2.24) is 15.0 Å². The summed E-state index contributed by atoms with van der Waals surface area (Å²) in [6, 6.07) is 66.9. The van der Waals surface area contributed by atoms with E-state index in [4.69, 9.17) is 15.0 Å². The van der Waals surface area contributed by atoms with E-state index in [1.807, 2.05) is 46.9 Å². The third-order valence-corrected chi connectivity index (χ3v) is 12.8. The predicted molar refractivity (Wildman–Crippen MR) is 238 cm³/mol. The van der Waals surface area contributed by atoms with Crippen LogP contribution < -0.4 is 0 Å². The molecule has 0 aliphatic heterocycles. The van der Waals surface area contributed by atoms with E-state index in [9.17, 15) is 0 Å². The van der Waals surface area contributed by atoms with Crippen LogP contribution in [0.4, 0.5) is 0 Å². The monoisotopic (exact) mass is 749 g/mol. The predicted octanol–water partition coefficient (Wildman–Crippen LogP) is 14.6. The zero-order chi connectivity index (χ0) is 37.0. The average molecular weight is 750 g/mol. The topological polar surface area (TPSA) is 38.7 Å². The van der Waals surface area contributed by atoms with E-state index >= 15 is 0 Å². The first-order chi connectivity index (χ1) is 27.7. The van der Waals surface area contributed by atoms with Gasteiger partial charge < -0.3 is 0 Å². The normalized spacial score (nSPS) is 11.6. The van der Waals surface area contributed by atoms with Crippen LogP contribution in [0.3, 0.4) is 0 Å². The molecule has 11 aromatic rings. The maximum atomic E-state index is 5.19. The van der Waals surface area contributed by atoms with Gasteiger partial charge in [0.05, 0.1) is 0 Å². The molecule has 0 radical (unpaired) electrons. The fraction of sp³-hybridized carbons (Fsp3) is 0. The summed E-state index contributed by atoms with van der Waals surface area (Å²) < 4.78 is 5.07. The molecule has 8 aromatic carbocycles. The molecule has 56 heavy (non-hydrogen) atoms. The molecule has 3 nitrogen and oxygen atoms in total. The van der Waals surface area contributed by atoms with Crippen LogP contribution in [-0.4, -0.2) is 15.0 Å². The second kappa shape index (κ2) is 13.5. The largest absolute Gasteiger partial charge is 0.208 e. The van der Waals surface area contributed by atoms with Crippen molar-refractivity contribution in [3.63, 3.8) is 0 Å². The molecule has 0 aliphatic rings. The molecular formula is C51H31N3S2. The van der Waals surface area contributed by atoms with Crippen molar-refractivity contribution in [3.8, 4) is 67.5 Å². The lowest BCUT2D eigenvalue weighted by molar-refractivity contribution is 1.08. The molecule has 0 N–H and O–H groups in total. The van der Waals surface area contributed by atoms with Gasteiger partial charge in [-0.25, -0.2) is 15.0 Å². The highest BCUT2D eigenvalue weighted by atomic mass is 32.1. The Labute approximate surface area is 331 Å². The Hall–Kier alpha value is -6.79. The van der Waals surface area contributed by atoms with Crippen LogP contribution in [0.25, 0.3) is 108 Å². The number of fused-ring (bicyclic) bond motifs is 6. The number of benzene rings is 8. The summed E-state index contributed by atoms with van der Waals surface area (Å²) in [5.74, 6) is 1.96. The van der Waals surface area contributed by atoms with Gasteiger partial charge in [0.25, 0.3) is 0 Å². The third kappa shape index (κ3) is 5.68. The summed E-state index contributed by atoms with van der Waals surface area (Å²) in [5.41, 5.74) is 10.1. The molecule has 0 aliphatic carbocycles. The van der Waals surface area contributed by atoms with E-state index in [1.165, 1.54) is 62.8 Å². The molecule has 0 saturated heterocycles. The number of nitrogens with zero attached hydrogens (tertiary/aromatic N) is 3. The van der Waals surface area contributed by atoms with Gasteiger partial charge in [0, 0.05) is 57.0 Å². The van der Waals surface area contributed by atoms with Gasteiger partial charge in [-0.1, -0.05) is 152 Å². The number of aromatic nitrogens is 3. The number of thiophene rings is 2. The second-order valence-electron chi connectivity index (χ2n) is 14.0. The van der Waals surface area contributed by atoms with Crippen molar-refractivity contribution in [1.29, 1.82) is 0 Å². The Morgan fingerprint density at radius 3 is 1.48 bits per heavy atom. The zero-order valence-electron chi connectivity index (χ0n) is 30.1. The summed E-state index contributed by atoms with van der Waals surface area (Å²) in [6.07, 6.45) is 0. The molecule has 0 bridgehead atoms. The van der Waals surface area contributed by atoms with E-state index in [2.05, 4.69) is 164 Å². The number of rotatable bonds is 6. The lowest BCUT2D eigenvalue weighted by atomic mass is 9.95. The molecule has 3 heterocycles. The summed E-state index contributed by atoms with van der Waals surface area (Å²) in [4.78, 5) is 15.4. The van der Waals surface area contributed by atoms with E-state index in [0.717, 1.165) is 27.6 Å². The maximum Gasteiger partial charge on any atom is 0.164 e. The van der Waals surface area contributed by atoms with Crippen LogP contribution in [0, 0.1) is 0 Å². The minimum absolute atomic E-state index is 0.649. The Morgan fingerprint density at radius 2 is 0.732 bits per heavy atom. The van der Waals surface area contributed by atoms with Gasteiger partial charge in [-0.2, -0.15) is 0 Å². The van der Waals surface area contributed by atoms with E-state index in [0.29, 0.717) is 17.5 Å². The standard InChI is InChI=1S/C51H31N3S2/c1-3-12-32(13-4-1)33-24-26-35(27-25-33)50-52-49(34-14-5-2-6-15-34)53-51(54-50)41-20-11-23-46-48(41)42-31-37(28-29-44(42)56-46)36-16-9-17-38(30-36)39-19-10-22-45-47(39)40-18-7-8-21-43(40)55-45/h1-31H. The van der Waals surface area contributed by atoms with Gasteiger partial charge in [-0.3, -0.25) is 0 Å². The number of hydrogen-bond acceptors (Lipinski definition) is 5. The lowest BCUT2D eigenvalue weighted by Crippen LogP contribution is -2.00. The summed E-state index contributed by atoms with van der Waals surface area (Å²) in [6.45, 7) is 0. The molecule has 262 valence electrons. The van der Waals surface area contributed by atoms with E-state index in [1.54, 1.807) is 0 Å². The third-order valence-electron chi connectivity index (χ3n) is 10.6. The van der Waals surface area contributed by atoms with Gasteiger partial charge in [0.15, 0.2) is 17.5 Å². The summed E-state index contributed by atoms with van der Waals surface area (Å²) in [5, 5.41) is 5.00. The van der Waals surface area contributed by atoms with Crippen molar-refractivity contribution >= 4 is 63.0 Å². The van der Waals surface area contributed by atoms with Crippen molar-refractivity contribution in [2.75, 3.05) is 0 Å². The lowest BCUT2D eigenvalue weighted by Gasteiger charge is -2.11. The zero-order valence-corrected chi connectivity index (χ0v) is 31.7. The highest BCUT2D eigenvalue weighted by Gasteiger charge is 2.18. The van der Waals surface area contributed by atoms with Crippen LogP contribution >= 0.6 is 22.7 Å². The Kier molecular flexibility index (Phi) is 7.87. The fourth-order valence-corrected chi connectivity index (χ4v) is 10.1. The minimum atomic E-state index is 0.649. The van der Waals surface area contributed by atoms with Crippen molar-refractivity contribution < 1.29 is 0 Å². The van der Waals surface area contributed by atoms with Gasteiger partial charge in [0.2, 0.25) is 0 Å². The summed E-state index contributed by atoms with van der Waals surface area (Å²) >= 11 is 3.67. The molecule has 0 unspecified atom stereocenters. The quantitative estimate of drug-likeness (QED) is 0.170. The van der Waals surface area contributed by atoms with Crippen LogP contribution in [0.2, 0.25) is 0 Å². The molecule has 0 atom stereocenters. The van der Waals surface area contributed by atoms with Crippen LogP contribution in [0.5, 0.6) is 0 Å². The van der Waals surface area contributed by atoms with Crippen molar-refractivity contribution in [2.45, 2.75) is 0 Å². The molecule has 11 rings (SSSR count). The van der Waals surface area contributed by atoms with E-state index in [-0.39, 0.29) is 0 Å². The van der Waals surface area contributed by atoms with Gasteiger partial charge >= 0.3 is 0 Å². The molecule has 5 heteroatoms. The van der Waals surface area contributed by atoms with Gasteiger partial charge in [0.1, 0.15) is 0 Å². The maximum absolute atomic E-state index is 5.19. The first-order valence-electron chi connectivity index (χ1n) is 18.7. The highest BCUT2D eigenvalue weighted by Crippen LogP contribution is 2.43. The van der Waals surface area contributed by atoms with Crippen LogP contribution in [0.15, 0.2) is 188 Å². The fourth-order valence-electron chi connectivity index (χ4n) is 7.86. The second-order valence-corrected chi connectivity index (χ2v) is 16.1. The first-order valence-corrected chi connectivity index (χ1v) is 20.3. The molecule has 0 spiro atoms. The molecular weight excluding hydrogens is 719 g/mol. The van der Waals surface area contributed by atoms with Gasteiger partial charge in [-0.05, 0) is 69.8 Å². The summed E-state index contributed by atoms with van der Waals surface area (Å²) in [7, 11) is 0. The van der Waals surface area contributed by atoms with Gasteiger partial charge in [-0.15, -0.1) is 22.7 Å². The molecule has 0 amide bonds. The molecule has 3 aromatic heterocycles. The van der Waals surface area contributed by atoms with Crippen molar-refractivity contribution in [2.24, 2.45) is 0 Å². The van der Waals surface area contributed by atoms with E-state index < -0.39 is 0 Å². The Bertz CT molecular complexity index is 3240. The molecule has 0 saturated carbocycles. The Morgan fingerprint density at radius 1 is 0.268 bits per heavy atom. The smallest absolute Gasteiger partial charge is 0.164 e. The Balaban J connectivity index is 1.05.